The number of fused-ring (bicyclic) bond motifs is 1. The first kappa shape index (κ1) is 20.3. The van der Waals surface area contributed by atoms with E-state index in [1.807, 2.05) is 48.5 Å². The van der Waals surface area contributed by atoms with Gasteiger partial charge < -0.3 is 4.90 Å². The molecule has 0 spiro atoms. The van der Waals surface area contributed by atoms with Crippen molar-refractivity contribution >= 4 is 15.7 Å². The summed E-state index contributed by atoms with van der Waals surface area (Å²) in [4.78, 5) is 14.9. The highest BCUT2D eigenvalue weighted by Crippen LogP contribution is 2.36. The maximum atomic E-state index is 13.2. The average molecular weight is 424 g/mol. The molecule has 1 aromatic heterocycles. The predicted molar refractivity (Wildman–Crippen MR) is 116 cm³/mol. The van der Waals surface area contributed by atoms with Crippen LogP contribution in [0.2, 0.25) is 0 Å². The molecule has 1 aliphatic carbocycles. The van der Waals surface area contributed by atoms with Gasteiger partial charge in [-0.2, -0.15) is 5.10 Å². The number of nitrogens with one attached hydrogen (secondary N) is 1. The Morgan fingerprint density at radius 2 is 1.87 bits per heavy atom. The number of amides is 1. The van der Waals surface area contributed by atoms with E-state index in [-0.39, 0.29) is 11.9 Å². The molecule has 4 rings (SSSR count). The molecule has 3 aromatic rings. The SMILES string of the molecule is CS(=O)(=O)CC(=O)N(Cc1cn[nH]c1-c1ccccc1)[C@H]1CCCc2ccccc21. The minimum Gasteiger partial charge on any atom is -0.330 e. The molecule has 1 heterocycles. The van der Waals surface area contributed by atoms with Gasteiger partial charge in [0.25, 0.3) is 0 Å². The van der Waals surface area contributed by atoms with Crippen molar-refractivity contribution in [3.8, 4) is 11.3 Å². The topological polar surface area (TPSA) is 83.1 Å². The van der Waals surface area contributed by atoms with Crippen LogP contribution in [0.3, 0.4) is 0 Å². The van der Waals surface area contributed by atoms with E-state index in [0.717, 1.165) is 47.9 Å². The fourth-order valence-electron chi connectivity index (χ4n) is 4.20. The molecule has 0 radical (unpaired) electrons. The fourth-order valence-corrected chi connectivity index (χ4v) is 4.82. The molecule has 30 heavy (non-hydrogen) atoms. The third kappa shape index (κ3) is 4.46. The zero-order chi connectivity index (χ0) is 21.1. The molecule has 0 saturated carbocycles. The van der Waals surface area contributed by atoms with E-state index in [1.165, 1.54) is 5.56 Å². The lowest BCUT2D eigenvalue weighted by molar-refractivity contribution is -0.132. The molecule has 1 amide bonds. The summed E-state index contributed by atoms with van der Waals surface area (Å²) in [6.45, 7) is 0.300. The number of carbonyl (C=O) groups excluding carboxylic acids is 1. The van der Waals surface area contributed by atoms with Crippen LogP contribution in [0.25, 0.3) is 11.3 Å². The van der Waals surface area contributed by atoms with E-state index in [2.05, 4.69) is 16.3 Å². The molecular weight excluding hydrogens is 398 g/mol. The van der Waals surface area contributed by atoms with Crippen LogP contribution in [-0.2, 0) is 27.6 Å². The van der Waals surface area contributed by atoms with Gasteiger partial charge in [-0.15, -0.1) is 0 Å². The second-order valence-corrected chi connectivity index (χ2v) is 9.98. The molecule has 0 aliphatic heterocycles. The smallest absolute Gasteiger partial charge is 0.238 e. The first-order valence-electron chi connectivity index (χ1n) is 10.0. The monoisotopic (exact) mass is 423 g/mol. The molecule has 1 aliphatic rings. The van der Waals surface area contributed by atoms with Crippen LogP contribution in [-0.4, -0.2) is 41.4 Å². The predicted octanol–water partition coefficient (Wildman–Crippen LogP) is 3.53. The fraction of sp³-hybridized carbons (Fsp3) is 0.304. The largest absolute Gasteiger partial charge is 0.330 e. The number of carbonyl (C=O) groups is 1. The number of aromatic amines is 1. The molecule has 2 aromatic carbocycles. The summed E-state index contributed by atoms with van der Waals surface area (Å²) in [7, 11) is -3.44. The van der Waals surface area contributed by atoms with Gasteiger partial charge in [-0.05, 0) is 36.0 Å². The van der Waals surface area contributed by atoms with E-state index < -0.39 is 15.6 Å². The highest BCUT2D eigenvalue weighted by atomic mass is 32.2. The van der Waals surface area contributed by atoms with Crippen LogP contribution in [0.1, 0.15) is 35.6 Å². The van der Waals surface area contributed by atoms with Crippen molar-refractivity contribution in [1.29, 1.82) is 0 Å². The van der Waals surface area contributed by atoms with Gasteiger partial charge in [-0.25, -0.2) is 8.42 Å². The molecule has 0 bridgehead atoms. The van der Waals surface area contributed by atoms with Crippen molar-refractivity contribution in [2.75, 3.05) is 12.0 Å². The molecule has 0 unspecified atom stereocenters. The Morgan fingerprint density at radius 3 is 2.63 bits per heavy atom. The van der Waals surface area contributed by atoms with Crippen molar-refractivity contribution < 1.29 is 13.2 Å². The summed E-state index contributed by atoms with van der Waals surface area (Å²) < 4.78 is 23.8. The van der Waals surface area contributed by atoms with Gasteiger partial charge in [0.05, 0.1) is 24.5 Å². The zero-order valence-corrected chi connectivity index (χ0v) is 17.7. The van der Waals surface area contributed by atoms with Gasteiger partial charge in [0.1, 0.15) is 5.75 Å². The molecule has 7 heteroatoms. The zero-order valence-electron chi connectivity index (χ0n) is 16.9. The highest BCUT2D eigenvalue weighted by molar-refractivity contribution is 7.91. The van der Waals surface area contributed by atoms with E-state index in [1.54, 1.807) is 11.1 Å². The number of hydrogen-bond donors (Lipinski definition) is 1. The highest BCUT2D eigenvalue weighted by Gasteiger charge is 2.31. The van der Waals surface area contributed by atoms with Crippen molar-refractivity contribution in [3.63, 3.8) is 0 Å². The van der Waals surface area contributed by atoms with Crippen molar-refractivity contribution in [1.82, 2.24) is 15.1 Å². The van der Waals surface area contributed by atoms with Gasteiger partial charge in [-0.3, -0.25) is 9.89 Å². The lowest BCUT2D eigenvalue weighted by atomic mass is 9.86. The molecular formula is C23H25N3O3S. The lowest BCUT2D eigenvalue weighted by Gasteiger charge is -2.36. The van der Waals surface area contributed by atoms with Gasteiger partial charge in [-0.1, -0.05) is 54.6 Å². The first-order chi connectivity index (χ1) is 14.4. The Labute approximate surface area is 176 Å². The standard InChI is InChI=1S/C23H25N3O3S/c1-30(28,29)16-22(27)26(21-13-7-11-17-8-5-6-12-20(17)21)15-19-14-24-25-23(19)18-9-3-2-4-10-18/h2-6,8-10,12,14,21H,7,11,13,15-16H2,1H3,(H,24,25)/t21-/m0/s1. The average Bonchev–Trinajstić information content (AvgIpc) is 3.19. The van der Waals surface area contributed by atoms with Crippen molar-refractivity contribution in [2.24, 2.45) is 0 Å². The summed E-state index contributed by atoms with van der Waals surface area (Å²) >= 11 is 0. The number of benzene rings is 2. The first-order valence-corrected chi connectivity index (χ1v) is 12.1. The van der Waals surface area contributed by atoms with E-state index in [9.17, 15) is 13.2 Å². The maximum Gasteiger partial charge on any atom is 0.238 e. The third-order valence-corrected chi connectivity index (χ3v) is 6.31. The van der Waals surface area contributed by atoms with Gasteiger partial charge in [0.2, 0.25) is 5.91 Å². The number of aromatic nitrogens is 2. The van der Waals surface area contributed by atoms with Gasteiger partial charge in [0, 0.05) is 11.8 Å². The maximum absolute atomic E-state index is 13.2. The van der Waals surface area contributed by atoms with Gasteiger partial charge >= 0.3 is 0 Å². The number of hydrogen-bond acceptors (Lipinski definition) is 4. The molecule has 0 saturated heterocycles. The molecule has 0 fully saturated rings. The van der Waals surface area contributed by atoms with Crippen LogP contribution in [0.5, 0.6) is 0 Å². The van der Waals surface area contributed by atoms with Crippen molar-refractivity contribution in [2.45, 2.75) is 31.8 Å². The Balaban J connectivity index is 1.72. The third-order valence-electron chi connectivity index (χ3n) is 5.54. The van der Waals surface area contributed by atoms with Crippen LogP contribution in [0, 0.1) is 0 Å². The van der Waals surface area contributed by atoms with Gasteiger partial charge in [0.15, 0.2) is 9.84 Å². The quantitative estimate of drug-likeness (QED) is 0.657. The Bertz CT molecular complexity index is 1140. The molecule has 6 nitrogen and oxygen atoms in total. The van der Waals surface area contributed by atoms with Crippen molar-refractivity contribution in [3.05, 3.63) is 77.5 Å². The molecule has 1 N–H and O–H groups in total. The van der Waals surface area contributed by atoms with Crippen LogP contribution < -0.4 is 0 Å². The summed E-state index contributed by atoms with van der Waals surface area (Å²) in [6.07, 6.45) is 5.57. The summed E-state index contributed by atoms with van der Waals surface area (Å²) in [5.41, 5.74) is 5.02. The Morgan fingerprint density at radius 1 is 1.13 bits per heavy atom. The van der Waals surface area contributed by atoms with E-state index in [0.29, 0.717) is 6.54 Å². The molecule has 156 valence electrons. The number of rotatable bonds is 6. The second-order valence-electron chi connectivity index (χ2n) is 7.83. The number of aryl methyl sites for hydroxylation is 1. The number of sulfone groups is 1. The lowest BCUT2D eigenvalue weighted by Crippen LogP contribution is -2.39. The Hall–Kier alpha value is -2.93. The van der Waals surface area contributed by atoms with Crippen LogP contribution in [0.15, 0.2) is 60.8 Å². The van der Waals surface area contributed by atoms with E-state index in [4.69, 9.17) is 0 Å². The normalized spacial score (nSPS) is 16.1. The summed E-state index contributed by atoms with van der Waals surface area (Å²) in [5.74, 6) is -0.871. The Kier molecular flexibility index (Phi) is 5.72. The van der Waals surface area contributed by atoms with E-state index >= 15 is 0 Å². The minimum atomic E-state index is -3.44. The minimum absolute atomic E-state index is 0.150. The van der Waals surface area contributed by atoms with Crippen LogP contribution in [0.4, 0.5) is 0 Å². The molecule has 1 atom stereocenters. The van der Waals surface area contributed by atoms with Crippen LogP contribution >= 0.6 is 0 Å². The number of H-pyrrole nitrogens is 1. The summed E-state index contributed by atoms with van der Waals surface area (Å²) in [5, 5.41) is 7.22. The number of nitrogens with zero attached hydrogens (tertiary/aromatic N) is 2. The second kappa shape index (κ2) is 8.44. The summed E-state index contributed by atoms with van der Waals surface area (Å²) in [6, 6.07) is 17.8.